The number of nitrogens with zero attached hydrogens (tertiary/aromatic N) is 2. The minimum Gasteiger partial charge on any atom is -0.368 e. The van der Waals surface area contributed by atoms with Crippen LogP contribution in [0.25, 0.3) is 10.9 Å². The molecule has 0 bridgehead atoms. The van der Waals surface area contributed by atoms with Crippen molar-refractivity contribution in [3.8, 4) is 0 Å². The molecular weight excluding hydrogens is 320 g/mol. The van der Waals surface area contributed by atoms with Crippen LogP contribution in [0, 0.1) is 6.92 Å². The molecule has 1 atom stereocenters. The first-order chi connectivity index (χ1) is 12.1. The molecule has 3 heterocycles. The van der Waals surface area contributed by atoms with E-state index in [4.69, 9.17) is 4.74 Å². The number of fused-ring (bicyclic) bond motifs is 1. The zero-order valence-corrected chi connectivity index (χ0v) is 13.8. The van der Waals surface area contributed by atoms with Crippen molar-refractivity contribution in [2.24, 2.45) is 0 Å². The van der Waals surface area contributed by atoms with Gasteiger partial charge in [0.1, 0.15) is 17.6 Å². The number of para-hydroxylation sites is 1. The van der Waals surface area contributed by atoms with Gasteiger partial charge in [-0.05, 0) is 19.1 Å². The standard InChI is InChI=1S/C18H18N4O3/c1-11-19-14(9-17(23)20-11)16-10-22(6-7-25-16)18(24)15-8-12-4-2-3-5-13(12)21-15/h2-5,8-9,16,21H,6-7,10H2,1H3,(H,19,20,23). The Labute approximate surface area is 143 Å². The maximum Gasteiger partial charge on any atom is 0.270 e. The Balaban J connectivity index is 1.58. The highest BCUT2D eigenvalue weighted by Gasteiger charge is 2.28. The fourth-order valence-corrected chi connectivity index (χ4v) is 3.14. The largest absolute Gasteiger partial charge is 0.368 e. The minimum atomic E-state index is -0.400. The number of carbonyl (C=O) groups is 1. The smallest absolute Gasteiger partial charge is 0.270 e. The van der Waals surface area contributed by atoms with E-state index in [9.17, 15) is 9.59 Å². The number of amides is 1. The molecule has 1 aliphatic heterocycles. The van der Waals surface area contributed by atoms with Crippen molar-refractivity contribution in [2.45, 2.75) is 13.0 Å². The highest BCUT2D eigenvalue weighted by molar-refractivity contribution is 5.98. The number of hydrogen-bond acceptors (Lipinski definition) is 4. The summed E-state index contributed by atoms with van der Waals surface area (Å²) < 4.78 is 5.73. The molecule has 25 heavy (non-hydrogen) atoms. The van der Waals surface area contributed by atoms with Gasteiger partial charge in [0.05, 0.1) is 18.8 Å². The zero-order chi connectivity index (χ0) is 17.4. The van der Waals surface area contributed by atoms with Crippen LogP contribution in [0.1, 0.15) is 28.1 Å². The number of morpholine rings is 1. The van der Waals surface area contributed by atoms with Gasteiger partial charge in [0.15, 0.2) is 0 Å². The third kappa shape index (κ3) is 3.06. The maximum atomic E-state index is 12.8. The molecule has 128 valence electrons. The monoisotopic (exact) mass is 338 g/mol. The summed E-state index contributed by atoms with van der Waals surface area (Å²) in [5.41, 5.74) is 1.82. The summed E-state index contributed by atoms with van der Waals surface area (Å²) in [4.78, 5) is 36.3. The van der Waals surface area contributed by atoms with Crippen molar-refractivity contribution < 1.29 is 9.53 Å². The van der Waals surface area contributed by atoms with Gasteiger partial charge in [-0.2, -0.15) is 0 Å². The molecule has 1 saturated heterocycles. The normalized spacial score (nSPS) is 17.8. The van der Waals surface area contributed by atoms with Gasteiger partial charge < -0.3 is 19.6 Å². The summed E-state index contributed by atoms with van der Waals surface area (Å²) in [5, 5.41) is 1.00. The lowest BCUT2D eigenvalue weighted by atomic mass is 10.2. The molecule has 7 nitrogen and oxygen atoms in total. The van der Waals surface area contributed by atoms with Crippen molar-refractivity contribution in [3.63, 3.8) is 0 Å². The second kappa shape index (κ2) is 6.18. The van der Waals surface area contributed by atoms with E-state index in [0.29, 0.717) is 36.9 Å². The van der Waals surface area contributed by atoms with E-state index >= 15 is 0 Å². The molecule has 1 fully saturated rings. The molecule has 1 aliphatic rings. The molecule has 2 N–H and O–H groups in total. The van der Waals surface area contributed by atoms with Crippen LogP contribution < -0.4 is 5.56 Å². The van der Waals surface area contributed by atoms with Crippen molar-refractivity contribution in [2.75, 3.05) is 19.7 Å². The zero-order valence-electron chi connectivity index (χ0n) is 13.8. The van der Waals surface area contributed by atoms with Crippen LogP contribution in [0.4, 0.5) is 0 Å². The summed E-state index contributed by atoms with van der Waals surface area (Å²) in [6.45, 7) is 3.00. The van der Waals surface area contributed by atoms with Crippen LogP contribution in [0.15, 0.2) is 41.2 Å². The second-order valence-electron chi connectivity index (χ2n) is 6.14. The predicted molar refractivity (Wildman–Crippen MR) is 92.5 cm³/mol. The molecule has 0 saturated carbocycles. The summed E-state index contributed by atoms with van der Waals surface area (Å²) in [6, 6.07) is 11.1. The van der Waals surface area contributed by atoms with Gasteiger partial charge in [0.2, 0.25) is 0 Å². The number of aromatic nitrogens is 3. The average molecular weight is 338 g/mol. The van der Waals surface area contributed by atoms with E-state index in [1.54, 1.807) is 11.8 Å². The fraction of sp³-hybridized carbons (Fsp3) is 0.278. The van der Waals surface area contributed by atoms with Crippen molar-refractivity contribution in [1.29, 1.82) is 0 Å². The van der Waals surface area contributed by atoms with Crippen LogP contribution in [0.3, 0.4) is 0 Å². The number of aryl methyl sites for hydroxylation is 1. The number of nitrogens with one attached hydrogen (secondary N) is 2. The molecule has 1 unspecified atom stereocenters. The van der Waals surface area contributed by atoms with Crippen LogP contribution in [-0.2, 0) is 4.74 Å². The Kier molecular flexibility index (Phi) is 3.85. The van der Waals surface area contributed by atoms with Crippen LogP contribution in [0.2, 0.25) is 0 Å². The lowest BCUT2D eigenvalue weighted by Gasteiger charge is -2.32. The van der Waals surface area contributed by atoms with Crippen molar-refractivity contribution >= 4 is 16.8 Å². The fourth-order valence-electron chi connectivity index (χ4n) is 3.14. The van der Waals surface area contributed by atoms with Gasteiger partial charge in [0.25, 0.3) is 11.5 Å². The molecular formula is C18H18N4O3. The molecule has 1 aromatic carbocycles. The molecule has 4 rings (SSSR count). The van der Waals surface area contributed by atoms with Gasteiger partial charge >= 0.3 is 0 Å². The van der Waals surface area contributed by atoms with E-state index < -0.39 is 6.10 Å². The van der Waals surface area contributed by atoms with Gasteiger partial charge in [0, 0.05) is 23.5 Å². The average Bonchev–Trinajstić information content (AvgIpc) is 3.04. The lowest BCUT2D eigenvalue weighted by Crippen LogP contribution is -2.42. The summed E-state index contributed by atoms with van der Waals surface area (Å²) in [6.07, 6.45) is -0.400. The quantitative estimate of drug-likeness (QED) is 0.745. The molecule has 0 spiro atoms. The highest BCUT2D eigenvalue weighted by atomic mass is 16.5. The third-order valence-electron chi connectivity index (χ3n) is 4.32. The van der Waals surface area contributed by atoms with E-state index in [-0.39, 0.29) is 11.5 Å². The predicted octanol–water partition coefficient (Wildman–Crippen LogP) is 1.77. The number of hydrogen-bond donors (Lipinski definition) is 2. The van der Waals surface area contributed by atoms with E-state index in [1.807, 2.05) is 30.3 Å². The molecule has 2 aromatic heterocycles. The summed E-state index contributed by atoms with van der Waals surface area (Å²) in [7, 11) is 0. The number of benzene rings is 1. The lowest BCUT2D eigenvalue weighted by molar-refractivity contribution is -0.0250. The molecule has 0 aliphatic carbocycles. The molecule has 1 amide bonds. The number of aromatic amines is 2. The van der Waals surface area contributed by atoms with Crippen LogP contribution >= 0.6 is 0 Å². The first-order valence-corrected chi connectivity index (χ1v) is 8.16. The van der Waals surface area contributed by atoms with Crippen LogP contribution in [0.5, 0.6) is 0 Å². The Morgan fingerprint density at radius 2 is 2.12 bits per heavy atom. The minimum absolute atomic E-state index is 0.0777. The number of carbonyl (C=O) groups excluding carboxylic acids is 1. The Morgan fingerprint density at radius 1 is 1.28 bits per heavy atom. The molecule has 3 aromatic rings. The Bertz CT molecular complexity index is 958. The molecule has 7 heteroatoms. The molecule has 0 radical (unpaired) electrons. The summed E-state index contributed by atoms with van der Waals surface area (Å²) >= 11 is 0. The Hall–Kier alpha value is -2.93. The SMILES string of the molecule is Cc1nc(C2CN(C(=O)c3cc4ccccc4[nH]3)CCO2)cc(=O)[nH]1. The number of rotatable bonds is 2. The highest BCUT2D eigenvalue weighted by Crippen LogP contribution is 2.22. The summed E-state index contributed by atoms with van der Waals surface area (Å²) in [5.74, 6) is 0.455. The van der Waals surface area contributed by atoms with E-state index in [0.717, 1.165) is 10.9 Å². The van der Waals surface area contributed by atoms with Crippen molar-refractivity contribution in [3.05, 3.63) is 64.0 Å². The number of ether oxygens (including phenoxy) is 1. The first kappa shape index (κ1) is 15.6. The third-order valence-corrected chi connectivity index (χ3v) is 4.32. The van der Waals surface area contributed by atoms with Gasteiger partial charge in [-0.3, -0.25) is 9.59 Å². The van der Waals surface area contributed by atoms with Gasteiger partial charge in [-0.25, -0.2) is 4.98 Å². The van der Waals surface area contributed by atoms with Crippen LogP contribution in [-0.4, -0.2) is 45.5 Å². The number of H-pyrrole nitrogens is 2. The van der Waals surface area contributed by atoms with E-state index in [2.05, 4.69) is 15.0 Å². The van der Waals surface area contributed by atoms with E-state index in [1.165, 1.54) is 6.07 Å². The van der Waals surface area contributed by atoms with Gasteiger partial charge in [-0.15, -0.1) is 0 Å². The van der Waals surface area contributed by atoms with Crippen molar-refractivity contribution in [1.82, 2.24) is 19.9 Å². The maximum absolute atomic E-state index is 12.8. The second-order valence-corrected chi connectivity index (χ2v) is 6.14. The Morgan fingerprint density at radius 3 is 2.92 bits per heavy atom. The topological polar surface area (TPSA) is 91.1 Å². The van der Waals surface area contributed by atoms with Gasteiger partial charge in [-0.1, -0.05) is 18.2 Å². The first-order valence-electron chi connectivity index (χ1n) is 8.16.